The third-order valence-corrected chi connectivity index (χ3v) is 4.48. The zero-order valence-electron chi connectivity index (χ0n) is 13.8. The number of aryl methyl sites for hydroxylation is 1. The molecule has 4 N–H and O–H groups in total. The van der Waals surface area contributed by atoms with Crippen LogP contribution in [-0.4, -0.2) is 43.8 Å². The first-order valence-corrected chi connectivity index (χ1v) is 8.04. The van der Waals surface area contributed by atoms with E-state index in [2.05, 4.69) is 15.5 Å². The minimum atomic E-state index is -4.55. The van der Waals surface area contributed by atoms with Gasteiger partial charge in [0.15, 0.2) is 0 Å². The van der Waals surface area contributed by atoms with Gasteiger partial charge in [0.2, 0.25) is 0 Å². The van der Waals surface area contributed by atoms with E-state index in [1.165, 1.54) is 13.0 Å². The number of aliphatic hydroxyl groups is 2. The molecular weight excluding hydrogens is 351 g/mol. The number of aromatic hydroxyl groups is 1. The van der Waals surface area contributed by atoms with Crippen molar-refractivity contribution in [2.75, 3.05) is 5.32 Å². The lowest BCUT2D eigenvalue weighted by Gasteiger charge is -2.18. The van der Waals surface area contributed by atoms with E-state index in [1.807, 2.05) is 0 Å². The molecule has 26 heavy (non-hydrogen) atoms. The summed E-state index contributed by atoms with van der Waals surface area (Å²) in [5.41, 5.74) is -0.308. The molecule has 3 atom stereocenters. The van der Waals surface area contributed by atoms with Crippen molar-refractivity contribution in [1.29, 1.82) is 0 Å². The van der Waals surface area contributed by atoms with Crippen LogP contribution in [0.25, 0.3) is 11.3 Å². The first kappa shape index (κ1) is 18.4. The van der Waals surface area contributed by atoms with Crippen molar-refractivity contribution in [1.82, 2.24) is 10.2 Å². The average molecular weight is 369 g/mol. The number of nitrogens with one attached hydrogen (secondary N) is 1. The summed E-state index contributed by atoms with van der Waals surface area (Å²) in [5.74, 6) is -0.169. The summed E-state index contributed by atoms with van der Waals surface area (Å²) >= 11 is 0. The van der Waals surface area contributed by atoms with E-state index < -0.39 is 29.7 Å². The number of aliphatic hydroxyl groups excluding tert-OH is 2. The van der Waals surface area contributed by atoms with Crippen LogP contribution in [0.3, 0.4) is 0 Å². The summed E-state index contributed by atoms with van der Waals surface area (Å²) < 4.78 is 38.4. The minimum absolute atomic E-state index is 0.174. The molecule has 0 saturated heterocycles. The van der Waals surface area contributed by atoms with Crippen LogP contribution in [-0.2, 0) is 6.18 Å². The molecule has 1 aliphatic carbocycles. The van der Waals surface area contributed by atoms with E-state index in [9.17, 15) is 28.5 Å². The van der Waals surface area contributed by atoms with Crippen molar-refractivity contribution >= 4 is 5.82 Å². The standard InChI is InChI=1S/C17H18F3N3O3/c1-8-6-9(17(18,19)20)7-13(25)15(8)10-3-5-14(23-22-10)21-11-2-4-12(24)16(11)26/h3,5-7,11-12,16,24-26H,2,4H2,1H3,(H,21,23). The highest BCUT2D eigenvalue weighted by Crippen LogP contribution is 2.38. The van der Waals surface area contributed by atoms with Crippen LogP contribution in [0.2, 0.25) is 0 Å². The van der Waals surface area contributed by atoms with Gasteiger partial charge in [0.1, 0.15) is 11.6 Å². The molecule has 0 spiro atoms. The molecule has 3 rings (SSSR count). The Morgan fingerprint density at radius 1 is 1.12 bits per heavy atom. The van der Waals surface area contributed by atoms with Gasteiger partial charge in [-0.15, -0.1) is 10.2 Å². The molecule has 0 amide bonds. The number of alkyl halides is 3. The van der Waals surface area contributed by atoms with Crippen molar-refractivity contribution < 1.29 is 28.5 Å². The fraction of sp³-hybridized carbons (Fsp3) is 0.412. The zero-order valence-corrected chi connectivity index (χ0v) is 13.8. The molecule has 140 valence electrons. The third kappa shape index (κ3) is 3.58. The quantitative estimate of drug-likeness (QED) is 0.664. The van der Waals surface area contributed by atoms with Crippen LogP contribution in [0, 0.1) is 6.92 Å². The fourth-order valence-corrected chi connectivity index (χ4v) is 3.12. The number of hydrogen-bond acceptors (Lipinski definition) is 6. The van der Waals surface area contributed by atoms with Gasteiger partial charge in [-0.25, -0.2) is 0 Å². The number of benzene rings is 1. The summed E-state index contributed by atoms with van der Waals surface area (Å²) in [6.07, 6.45) is -5.19. The largest absolute Gasteiger partial charge is 0.507 e. The van der Waals surface area contributed by atoms with Gasteiger partial charge in [-0.05, 0) is 49.6 Å². The Labute approximate surface area is 147 Å². The second kappa shape index (κ2) is 6.73. The van der Waals surface area contributed by atoms with Crippen LogP contribution in [0.1, 0.15) is 24.0 Å². The van der Waals surface area contributed by atoms with Gasteiger partial charge in [-0.3, -0.25) is 0 Å². The Morgan fingerprint density at radius 3 is 2.35 bits per heavy atom. The number of rotatable bonds is 3. The molecule has 1 saturated carbocycles. The predicted molar refractivity (Wildman–Crippen MR) is 87.5 cm³/mol. The number of anilines is 1. The topological polar surface area (TPSA) is 98.5 Å². The SMILES string of the molecule is Cc1cc(C(F)(F)F)cc(O)c1-c1ccc(NC2CCC(O)C2O)nn1. The Balaban J connectivity index is 1.83. The van der Waals surface area contributed by atoms with E-state index in [-0.39, 0.29) is 22.9 Å². The third-order valence-electron chi connectivity index (χ3n) is 4.48. The van der Waals surface area contributed by atoms with Crippen molar-refractivity contribution in [3.05, 3.63) is 35.4 Å². The highest BCUT2D eigenvalue weighted by atomic mass is 19.4. The van der Waals surface area contributed by atoms with Crippen molar-refractivity contribution in [2.45, 2.75) is 44.2 Å². The fourth-order valence-electron chi connectivity index (χ4n) is 3.12. The molecule has 1 fully saturated rings. The lowest BCUT2D eigenvalue weighted by Crippen LogP contribution is -2.34. The number of hydrogen-bond donors (Lipinski definition) is 4. The maximum Gasteiger partial charge on any atom is 0.416 e. The first-order valence-electron chi connectivity index (χ1n) is 8.04. The smallest absolute Gasteiger partial charge is 0.416 e. The normalized spacial score (nSPS) is 23.2. The molecular formula is C17H18F3N3O3. The number of halogens is 3. The lowest BCUT2D eigenvalue weighted by molar-refractivity contribution is -0.137. The van der Waals surface area contributed by atoms with E-state index in [0.29, 0.717) is 24.7 Å². The average Bonchev–Trinajstić information content (AvgIpc) is 2.87. The van der Waals surface area contributed by atoms with Gasteiger partial charge < -0.3 is 20.6 Å². The van der Waals surface area contributed by atoms with E-state index in [4.69, 9.17) is 0 Å². The second-order valence-electron chi connectivity index (χ2n) is 6.37. The molecule has 0 bridgehead atoms. The molecule has 9 heteroatoms. The highest BCUT2D eigenvalue weighted by molar-refractivity contribution is 5.71. The van der Waals surface area contributed by atoms with Gasteiger partial charge in [-0.1, -0.05) is 0 Å². The number of aromatic nitrogens is 2. The Hall–Kier alpha value is -2.39. The molecule has 6 nitrogen and oxygen atoms in total. The maximum absolute atomic E-state index is 12.8. The van der Waals surface area contributed by atoms with E-state index in [0.717, 1.165) is 6.07 Å². The van der Waals surface area contributed by atoms with Gasteiger partial charge in [0.05, 0.1) is 29.5 Å². The first-order chi connectivity index (χ1) is 12.2. The summed E-state index contributed by atoms with van der Waals surface area (Å²) in [6.45, 7) is 1.45. The van der Waals surface area contributed by atoms with Crippen LogP contribution < -0.4 is 5.32 Å². The zero-order chi connectivity index (χ0) is 19.1. The van der Waals surface area contributed by atoms with Gasteiger partial charge in [0, 0.05) is 5.56 Å². The summed E-state index contributed by atoms with van der Waals surface area (Å²) in [6, 6.07) is 4.32. The Morgan fingerprint density at radius 2 is 1.85 bits per heavy atom. The van der Waals surface area contributed by atoms with Gasteiger partial charge >= 0.3 is 6.18 Å². The minimum Gasteiger partial charge on any atom is -0.507 e. The molecule has 2 aromatic rings. The van der Waals surface area contributed by atoms with Crippen molar-refractivity contribution in [3.8, 4) is 17.0 Å². The summed E-state index contributed by atoms with van der Waals surface area (Å²) in [5, 5.41) is 40.2. The van der Waals surface area contributed by atoms with Crippen LogP contribution >= 0.6 is 0 Å². The molecule has 0 radical (unpaired) electrons. The Bertz CT molecular complexity index is 773. The number of nitrogens with zero attached hydrogens (tertiary/aromatic N) is 2. The van der Waals surface area contributed by atoms with Crippen molar-refractivity contribution in [2.24, 2.45) is 0 Å². The van der Waals surface area contributed by atoms with E-state index >= 15 is 0 Å². The highest BCUT2D eigenvalue weighted by Gasteiger charge is 2.34. The van der Waals surface area contributed by atoms with E-state index in [1.54, 1.807) is 6.07 Å². The van der Waals surface area contributed by atoms with Gasteiger partial charge in [0.25, 0.3) is 0 Å². The molecule has 1 aromatic heterocycles. The Kier molecular flexibility index (Phi) is 4.76. The summed E-state index contributed by atoms with van der Waals surface area (Å²) in [4.78, 5) is 0. The summed E-state index contributed by atoms with van der Waals surface area (Å²) in [7, 11) is 0. The molecule has 1 heterocycles. The molecule has 3 unspecified atom stereocenters. The maximum atomic E-state index is 12.8. The number of phenolic OH excluding ortho intramolecular Hbond substituents is 1. The molecule has 1 aliphatic rings. The van der Waals surface area contributed by atoms with Crippen LogP contribution in [0.15, 0.2) is 24.3 Å². The van der Waals surface area contributed by atoms with Crippen molar-refractivity contribution in [3.63, 3.8) is 0 Å². The van der Waals surface area contributed by atoms with Crippen LogP contribution in [0.4, 0.5) is 19.0 Å². The monoisotopic (exact) mass is 369 g/mol. The number of phenols is 1. The van der Waals surface area contributed by atoms with Crippen LogP contribution in [0.5, 0.6) is 5.75 Å². The molecule has 1 aromatic carbocycles. The predicted octanol–water partition coefficient (Wildman–Crippen LogP) is 2.47. The lowest BCUT2D eigenvalue weighted by atomic mass is 10.0. The van der Waals surface area contributed by atoms with Gasteiger partial charge in [-0.2, -0.15) is 13.2 Å². The second-order valence-corrected chi connectivity index (χ2v) is 6.37. The molecule has 0 aliphatic heterocycles.